The average Bonchev–Trinajstić information content (AvgIpc) is 3.09. The molecule has 0 aromatic carbocycles. The molecule has 11 heteroatoms. The smallest absolute Gasteiger partial charge is 0.387 e. The van der Waals surface area contributed by atoms with Crippen molar-refractivity contribution in [2.75, 3.05) is 34.3 Å². The van der Waals surface area contributed by atoms with Gasteiger partial charge in [0.1, 0.15) is 19.2 Å². The van der Waals surface area contributed by atoms with E-state index in [9.17, 15) is 24.5 Å². The Morgan fingerprint density at radius 3 is 1.50 bits per heavy atom. The van der Waals surface area contributed by atoms with Gasteiger partial charge in [-0.25, -0.2) is 4.57 Å². The maximum Gasteiger partial charge on any atom is 0.499 e. The number of rotatable bonds is 39. The number of amides is 1. The van der Waals surface area contributed by atoms with E-state index in [1.54, 1.807) is 0 Å². The second-order valence-electron chi connectivity index (χ2n) is 15.9. The van der Waals surface area contributed by atoms with E-state index in [1.165, 1.54) is 134 Å². The summed E-state index contributed by atoms with van der Waals surface area (Å²) >= 11 is 0. The molecule has 0 bridgehead atoms. The Morgan fingerprint density at radius 2 is 1.08 bits per heavy atom. The fourth-order valence-corrected chi connectivity index (χ4v) is 6.68. The third kappa shape index (κ3) is 34.9. The Morgan fingerprint density at radius 1 is 0.673 bits per heavy atom. The van der Waals surface area contributed by atoms with Crippen molar-refractivity contribution in [3.05, 3.63) is 12.2 Å². The minimum Gasteiger partial charge on any atom is -0.387 e. The van der Waals surface area contributed by atoms with E-state index >= 15 is 0 Å². The van der Waals surface area contributed by atoms with Gasteiger partial charge in [0.2, 0.25) is 12.2 Å². The molecule has 1 amide bonds. The van der Waals surface area contributed by atoms with Crippen molar-refractivity contribution in [3.63, 3.8) is 0 Å². The van der Waals surface area contributed by atoms with Crippen molar-refractivity contribution in [2.45, 2.75) is 212 Å². The molecule has 310 valence electrons. The Balaban J connectivity index is 4.59. The summed E-state index contributed by atoms with van der Waals surface area (Å²) < 4.78 is 22.3. The zero-order valence-electron chi connectivity index (χ0n) is 34.4. The average molecular weight is 764 g/mol. The summed E-state index contributed by atoms with van der Waals surface area (Å²) in [6.07, 6.45) is 33.4. The number of unbranched alkanes of at least 4 members (excludes halogenated alkanes) is 25. The monoisotopic (exact) mass is 764 g/mol. The molecular weight excluding hydrogens is 679 g/mol. The number of aliphatic hydroxyl groups is 2. The minimum absolute atomic E-state index is 0.0689. The molecule has 0 aliphatic carbocycles. The quantitative estimate of drug-likeness (QED) is 0.00925. The van der Waals surface area contributed by atoms with Crippen LogP contribution in [0.2, 0.25) is 0 Å². The molecule has 0 rings (SSSR count). The van der Waals surface area contributed by atoms with Gasteiger partial charge in [-0.1, -0.05) is 180 Å². The van der Waals surface area contributed by atoms with Crippen molar-refractivity contribution < 1.29 is 43.0 Å². The van der Waals surface area contributed by atoms with Crippen molar-refractivity contribution in [2.24, 2.45) is 0 Å². The number of phosphoric acid groups is 1. The SMILES string of the molecule is CCCCCCCCCCCCC/C=C/[C@@H](O)[C@H](NC(=O)CCCCCCCCCCCCCCCCC)[C@H](O)OOP(=O)(O)OCC[N+](C)(C)C. The van der Waals surface area contributed by atoms with E-state index in [0.29, 0.717) is 17.4 Å². The molecular formula is C41H84N2O8P+. The van der Waals surface area contributed by atoms with Crippen molar-refractivity contribution in [3.8, 4) is 0 Å². The maximum absolute atomic E-state index is 12.8. The highest BCUT2D eigenvalue weighted by atomic mass is 31.2. The lowest BCUT2D eigenvalue weighted by Crippen LogP contribution is -2.51. The lowest BCUT2D eigenvalue weighted by Gasteiger charge is -2.27. The van der Waals surface area contributed by atoms with Crippen molar-refractivity contribution in [1.29, 1.82) is 0 Å². The number of allylic oxidation sites excluding steroid dienone is 1. The Bertz CT molecular complexity index is 885. The maximum atomic E-state index is 12.8. The number of carbonyl (C=O) groups excluding carboxylic acids is 1. The van der Waals surface area contributed by atoms with Crippen LogP contribution >= 0.6 is 7.82 Å². The van der Waals surface area contributed by atoms with Crippen LogP contribution in [-0.4, -0.2) is 78.2 Å². The zero-order valence-corrected chi connectivity index (χ0v) is 35.3. The highest BCUT2D eigenvalue weighted by Crippen LogP contribution is 2.43. The number of nitrogens with one attached hydrogen (secondary N) is 1. The van der Waals surface area contributed by atoms with Crippen LogP contribution in [0.15, 0.2) is 12.2 Å². The molecule has 0 saturated heterocycles. The molecule has 0 fully saturated rings. The minimum atomic E-state index is -4.64. The first-order valence-electron chi connectivity index (χ1n) is 21.4. The summed E-state index contributed by atoms with van der Waals surface area (Å²) in [6, 6.07) is -1.30. The van der Waals surface area contributed by atoms with Gasteiger partial charge >= 0.3 is 7.82 Å². The summed E-state index contributed by atoms with van der Waals surface area (Å²) in [5.41, 5.74) is 0. The Labute approximate surface area is 320 Å². The van der Waals surface area contributed by atoms with Crippen LogP contribution in [0.5, 0.6) is 0 Å². The van der Waals surface area contributed by atoms with Gasteiger partial charge in [-0.2, -0.15) is 4.89 Å². The summed E-state index contributed by atoms with van der Waals surface area (Å²) in [7, 11) is 1.09. The largest absolute Gasteiger partial charge is 0.499 e. The molecule has 0 aromatic heterocycles. The predicted molar refractivity (Wildman–Crippen MR) is 215 cm³/mol. The predicted octanol–water partition coefficient (Wildman–Crippen LogP) is 10.4. The van der Waals surface area contributed by atoms with E-state index in [4.69, 9.17) is 9.41 Å². The van der Waals surface area contributed by atoms with Crippen molar-refractivity contribution in [1.82, 2.24) is 5.32 Å². The molecule has 0 heterocycles. The summed E-state index contributed by atoms with van der Waals surface area (Å²) in [6.45, 7) is 4.87. The molecule has 0 radical (unpaired) electrons. The lowest BCUT2D eigenvalue weighted by molar-refractivity contribution is -0.870. The van der Waals surface area contributed by atoms with Crippen LogP contribution in [0.25, 0.3) is 0 Å². The first kappa shape index (κ1) is 51.2. The molecule has 1 unspecified atom stereocenters. The van der Waals surface area contributed by atoms with Crippen LogP contribution < -0.4 is 5.32 Å². The van der Waals surface area contributed by atoms with Gasteiger partial charge in [0.05, 0.1) is 27.2 Å². The van der Waals surface area contributed by atoms with Gasteiger partial charge in [-0.3, -0.25) is 9.32 Å². The topological polar surface area (TPSA) is 135 Å². The summed E-state index contributed by atoms with van der Waals surface area (Å²) in [5.74, 6) is -0.341. The zero-order chi connectivity index (χ0) is 38.8. The van der Waals surface area contributed by atoms with Crippen LogP contribution in [0.1, 0.15) is 194 Å². The third-order valence-electron chi connectivity index (χ3n) is 9.57. The number of hydrogen-bond donors (Lipinski definition) is 4. The molecule has 0 spiro atoms. The van der Waals surface area contributed by atoms with Gasteiger partial charge in [0, 0.05) is 6.42 Å². The number of nitrogens with zero attached hydrogens (tertiary/aromatic N) is 1. The van der Waals surface area contributed by atoms with E-state index in [2.05, 4.69) is 23.8 Å². The molecule has 0 aliphatic rings. The molecule has 4 N–H and O–H groups in total. The summed E-state index contributed by atoms with van der Waals surface area (Å²) in [4.78, 5) is 27.7. The second-order valence-corrected chi connectivity index (χ2v) is 17.3. The lowest BCUT2D eigenvalue weighted by atomic mass is 10.0. The number of phosphoric ester groups is 1. The van der Waals surface area contributed by atoms with Gasteiger partial charge in [-0.05, 0) is 19.3 Å². The van der Waals surface area contributed by atoms with Crippen LogP contribution in [0, 0.1) is 0 Å². The fraction of sp³-hybridized carbons (Fsp3) is 0.927. The van der Waals surface area contributed by atoms with Crippen molar-refractivity contribution >= 4 is 13.7 Å². The standard InChI is InChI=1S/C41H83N2O8P/c1-6-8-10-12-14-16-18-20-21-23-25-27-29-31-33-35-39(45)42-40(41(46)50-51-52(47,48)49-37-36-43(3,4)5)38(44)34-32-30-28-26-24-22-19-17-15-13-11-9-7-2/h32,34,38,40-41,44,46H,6-31,33,35-37H2,1-5H3,(H-,42,45,47,48)/p+1/b34-32+/t38-,40+,41-/m1/s1. The first-order chi connectivity index (χ1) is 24.9. The van der Waals surface area contributed by atoms with Gasteiger partial charge in [0.25, 0.3) is 0 Å². The number of quaternary nitrogens is 1. The van der Waals surface area contributed by atoms with E-state index in [1.807, 2.05) is 27.2 Å². The highest BCUT2D eigenvalue weighted by molar-refractivity contribution is 7.47. The van der Waals surface area contributed by atoms with E-state index in [-0.39, 0.29) is 18.9 Å². The normalized spacial score (nSPS) is 15.2. The molecule has 10 nitrogen and oxygen atoms in total. The number of likely N-dealkylation sites (N-methyl/N-ethyl adjacent to an activating group) is 1. The van der Waals surface area contributed by atoms with Gasteiger partial charge in [-0.15, -0.1) is 4.67 Å². The van der Waals surface area contributed by atoms with Gasteiger partial charge in [0.15, 0.2) is 0 Å². The molecule has 0 aromatic rings. The summed E-state index contributed by atoms with van der Waals surface area (Å²) in [5, 5.41) is 24.3. The van der Waals surface area contributed by atoms with Gasteiger partial charge < -0.3 is 24.9 Å². The van der Waals surface area contributed by atoms with Crippen LogP contribution in [0.3, 0.4) is 0 Å². The van der Waals surface area contributed by atoms with Crippen LogP contribution in [0.4, 0.5) is 0 Å². The molecule has 4 atom stereocenters. The Kier molecular flexibility index (Phi) is 34.1. The van der Waals surface area contributed by atoms with E-state index < -0.39 is 26.3 Å². The first-order valence-corrected chi connectivity index (χ1v) is 22.9. The number of carbonyl (C=O) groups is 1. The fourth-order valence-electron chi connectivity index (χ4n) is 6.13. The second kappa shape index (κ2) is 34.6. The van der Waals surface area contributed by atoms with Crippen LogP contribution in [-0.2, 0) is 23.4 Å². The molecule has 52 heavy (non-hydrogen) atoms. The third-order valence-corrected chi connectivity index (χ3v) is 10.4. The number of aliphatic hydroxyl groups excluding tert-OH is 2. The Hall–Kier alpha value is -0.840. The molecule has 0 aliphatic heterocycles. The molecule has 0 saturated carbocycles. The van der Waals surface area contributed by atoms with E-state index in [0.717, 1.165) is 38.5 Å². The highest BCUT2D eigenvalue weighted by Gasteiger charge is 2.32. The number of hydrogen-bond acceptors (Lipinski definition) is 7.